The van der Waals surface area contributed by atoms with Gasteiger partial charge in [-0.1, -0.05) is 50.2 Å². The van der Waals surface area contributed by atoms with E-state index in [1.54, 1.807) is 0 Å². The zero-order valence-corrected chi connectivity index (χ0v) is 25.9. The summed E-state index contributed by atoms with van der Waals surface area (Å²) in [6.45, 7) is 8.39. The molecule has 2 heterocycles. The van der Waals surface area contributed by atoms with Gasteiger partial charge in [0.05, 0.1) is 16.9 Å². The van der Waals surface area contributed by atoms with Crippen molar-refractivity contribution in [3.8, 4) is 28.5 Å². The summed E-state index contributed by atoms with van der Waals surface area (Å²) >= 11 is 1.44. The topological polar surface area (TPSA) is 86.3 Å². The Labute approximate surface area is 261 Å². The number of ether oxygens (including phenoxy) is 1. The molecule has 2 amide bonds. The Bertz CT molecular complexity index is 1920. The van der Waals surface area contributed by atoms with Crippen molar-refractivity contribution in [2.45, 2.75) is 58.4 Å². The molecule has 232 valence electrons. The summed E-state index contributed by atoms with van der Waals surface area (Å²) < 4.78 is 44.8. The van der Waals surface area contributed by atoms with E-state index >= 15 is 0 Å². The number of carbonyl (C=O) groups excluding carboxylic acids is 1. The fraction of sp³-hybridized carbons (Fsp3) is 0.273. The lowest BCUT2D eigenvalue weighted by atomic mass is 9.99. The molecule has 1 fully saturated rings. The first-order valence-corrected chi connectivity index (χ1v) is 15.3. The minimum Gasteiger partial charge on any atom is -0.406 e. The number of aryl methyl sites for hydroxylation is 2. The number of benzene rings is 3. The van der Waals surface area contributed by atoms with Gasteiger partial charge in [-0.05, 0) is 79.6 Å². The average Bonchev–Trinajstić information content (AvgIpc) is 3.42. The summed E-state index contributed by atoms with van der Waals surface area (Å²) in [6, 6.07) is 19.0. The van der Waals surface area contributed by atoms with Crippen molar-refractivity contribution in [2.24, 2.45) is 4.99 Å². The second-order valence-corrected chi connectivity index (χ2v) is 12.3. The van der Waals surface area contributed by atoms with Crippen LogP contribution in [0.4, 0.5) is 18.0 Å². The highest BCUT2D eigenvalue weighted by atomic mass is 32.1. The van der Waals surface area contributed by atoms with E-state index in [1.807, 2.05) is 36.6 Å². The molecule has 1 N–H and O–H groups in total. The van der Waals surface area contributed by atoms with Crippen LogP contribution in [0.3, 0.4) is 0 Å². The van der Waals surface area contributed by atoms with Crippen LogP contribution in [-0.4, -0.2) is 31.7 Å². The highest BCUT2D eigenvalue weighted by molar-refractivity contribution is 7.07. The van der Waals surface area contributed by atoms with Crippen LogP contribution in [0.25, 0.3) is 22.8 Å². The van der Waals surface area contributed by atoms with Gasteiger partial charge in [-0.15, -0.1) is 29.6 Å². The van der Waals surface area contributed by atoms with Crippen molar-refractivity contribution in [2.75, 3.05) is 0 Å². The molecular formula is C33H31F3N6O2S. The maximum Gasteiger partial charge on any atom is 0.573 e. The van der Waals surface area contributed by atoms with Gasteiger partial charge in [0.15, 0.2) is 10.6 Å². The van der Waals surface area contributed by atoms with Crippen LogP contribution in [0, 0.1) is 13.8 Å². The number of thiazole rings is 1. The largest absolute Gasteiger partial charge is 0.573 e. The molecule has 8 nitrogen and oxygen atoms in total. The molecule has 1 aliphatic carbocycles. The molecule has 5 aromatic rings. The van der Waals surface area contributed by atoms with Crippen molar-refractivity contribution in [1.82, 2.24) is 24.6 Å². The van der Waals surface area contributed by atoms with E-state index in [4.69, 9.17) is 0 Å². The zero-order chi connectivity index (χ0) is 31.9. The lowest BCUT2D eigenvalue weighted by molar-refractivity contribution is -0.274. The van der Waals surface area contributed by atoms with Crippen LogP contribution in [-0.2, 0) is 5.54 Å². The van der Waals surface area contributed by atoms with Gasteiger partial charge in [0.2, 0.25) is 0 Å². The molecule has 12 heteroatoms. The summed E-state index contributed by atoms with van der Waals surface area (Å²) in [7, 11) is 0. The molecule has 0 aliphatic heterocycles. The van der Waals surface area contributed by atoms with E-state index < -0.39 is 17.9 Å². The first-order valence-electron chi connectivity index (χ1n) is 14.4. The zero-order valence-electron chi connectivity index (χ0n) is 25.1. The predicted molar refractivity (Wildman–Crippen MR) is 166 cm³/mol. The summed E-state index contributed by atoms with van der Waals surface area (Å²) in [5.41, 5.74) is 6.15. The molecule has 6 rings (SSSR count). The van der Waals surface area contributed by atoms with E-state index in [2.05, 4.69) is 68.7 Å². The highest BCUT2D eigenvalue weighted by Crippen LogP contribution is 2.46. The number of nitrogens with one attached hydrogen (secondary N) is 1. The maximum atomic E-state index is 13.3. The Hall–Kier alpha value is -4.71. The Kier molecular flexibility index (Phi) is 7.86. The van der Waals surface area contributed by atoms with E-state index in [0.717, 1.165) is 40.9 Å². The number of carbonyl (C=O) groups is 1. The number of aromatic nitrogens is 4. The first-order chi connectivity index (χ1) is 21.4. The number of alkyl halides is 3. The van der Waals surface area contributed by atoms with Crippen LogP contribution in [0.1, 0.15) is 55.0 Å². The summed E-state index contributed by atoms with van der Waals surface area (Å²) in [6.07, 6.45) is -1.66. The number of rotatable bonds is 7. The third-order valence-corrected chi connectivity index (χ3v) is 8.69. The third kappa shape index (κ3) is 6.56. The lowest BCUT2D eigenvalue weighted by Crippen LogP contribution is -2.34. The lowest BCUT2D eigenvalue weighted by Gasteiger charge is -2.17. The van der Waals surface area contributed by atoms with Gasteiger partial charge in [0, 0.05) is 16.6 Å². The Morgan fingerprint density at radius 2 is 1.76 bits per heavy atom. The average molecular weight is 633 g/mol. The molecule has 3 aromatic carbocycles. The van der Waals surface area contributed by atoms with Crippen molar-refractivity contribution in [3.05, 3.63) is 106 Å². The van der Waals surface area contributed by atoms with Gasteiger partial charge < -0.3 is 10.1 Å². The highest BCUT2D eigenvalue weighted by Gasteiger charge is 2.45. The van der Waals surface area contributed by atoms with Gasteiger partial charge in [-0.3, -0.25) is 4.57 Å². The Morgan fingerprint density at radius 1 is 1.04 bits per heavy atom. The fourth-order valence-electron chi connectivity index (χ4n) is 5.29. The molecule has 0 spiro atoms. The van der Waals surface area contributed by atoms with Crippen molar-refractivity contribution in [3.63, 3.8) is 0 Å². The SMILES string of the molecule is Cc1ccc(C(C)C)c(-n2c(C)cs/c2=N\C(=O)NC2(c3ccc(-c4ncn(-c5ccc(OC(F)(F)F)cc5)n4)cc3)CC2)c1. The fourth-order valence-corrected chi connectivity index (χ4v) is 6.15. The molecule has 1 aliphatic rings. The first kappa shape index (κ1) is 30.3. The number of urea groups is 1. The quantitative estimate of drug-likeness (QED) is 0.199. The number of nitrogens with zero attached hydrogens (tertiary/aromatic N) is 5. The molecule has 45 heavy (non-hydrogen) atoms. The third-order valence-electron chi connectivity index (χ3n) is 7.74. The molecule has 1 saturated carbocycles. The van der Waals surface area contributed by atoms with Gasteiger partial charge in [0.1, 0.15) is 12.1 Å². The summed E-state index contributed by atoms with van der Waals surface area (Å²) in [5.74, 6) is 0.451. The van der Waals surface area contributed by atoms with Crippen molar-refractivity contribution in [1.29, 1.82) is 0 Å². The molecule has 0 atom stereocenters. The van der Waals surface area contributed by atoms with Crippen molar-refractivity contribution >= 4 is 17.4 Å². The van der Waals surface area contributed by atoms with E-state index in [0.29, 0.717) is 22.2 Å². The Balaban J connectivity index is 1.18. The van der Waals surface area contributed by atoms with E-state index in [1.165, 1.54) is 52.2 Å². The molecule has 2 aromatic heterocycles. The standard InChI is InChI=1S/C33H31F3N6O2S/c1-20(2)27-14-5-21(3)17-28(27)42-22(4)18-45-31(42)38-30(43)39-32(15-16-32)24-8-6-23(7-9-24)29-37-19-41(40-29)25-10-12-26(13-11-25)44-33(34,35)36/h5-14,17-20H,15-16H2,1-4H3,(H,39,43)/b38-31-. The van der Waals surface area contributed by atoms with Gasteiger partial charge in [0.25, 0.3) is 0 Å². The van der Waals surface area contributed by atoms with Crippen molar-refractivity contribution < 1.29 is 22.7 Å². The predicted octanol–water partition coefficient (Wildman–Crippen LogP) is 7.72. The number of amides is 2. The van der Waals surface area contributed by atoms with Crippen LogP contribution in [0.15, 0.2) is 83.4 Å². The number of halogens is 3. The minimum absolute atomic E-state index is 0.309. The molecule has 0 saturated heterocycles. The van der Waals surface area contributed by atoms with Gasteiger partial charge in [-0.25, -0.2) is 14.5 Å². The van der Waals surface area contributed by atoms with Crippen LogP contribution >= 0.6 is 11.3 Å². The van der Waals surface area contributed by atoms with E-state index in [9.17, 15) is 18.0 Å². The normalized spacial score (nSPS) is 14.5. The maximum absolute atomic E-state index is 13.3. The summed E-state index contributed by atoms with van der Waals surface area (Å²) in [4.78, 5) is 22.7. The number of hydrogen-bond donors (Lipinski definition) is 1. The second kappa shape index (κ2) is 11.7. The second-order valence-electron chi connectivity index (χ2n) is 11.5. The van der Waals surface area contributed by atoms with Gasteiger partial charge in [-0.2, -0.15) is 4.99 Å². The minimum atomic E-state index is -4.75. The molecule has 0 unspecified atom stereocenters. The van der Waals surface area contributed by atoms with Gasteiger partial charge >= 0.3 is 12.4 Å². The molecule has 0 bridgehead atoms. The molecular weight excluding hydrogens is 601 g/mol. The smallest absolute Gasteiger partial charge is 0.406 e. The van der Waals surface area contributed by atoms with Crippen LogP contribution in [0.2, 0.25) is 0 Å². The van der Waals surface area contributed by atoms with Crippen LogP contribution in [0.5, 0.6) is 5.75 Å². The monoisotopic (exact) mass is 632 g/mol. The van der Waals surface area contributed by atoms with Crippen LogP contribution < -0.4 is 14.9 Å². The summed E-state index contributed by atoms with van der Waals surface area (Å²) in [5, 5.41) is 9.63. The molecule has 0 radical (unpaired) electrons. The Morgan fingerprint density at radius 3 is 2.40 bits per heavy atom. The van der Waals surface area contributed by atoms with E-state index in [-0.39, 0.29) is 5.75 Å². The number of hydrogen-bond acceptors (Lipinski definition) is 5.